The fourth-order valence-electron chi connectivity index (χ4n) is 2.58. The number of hydrogen-bond donors (Lipinski definition) is 2. The lowest BCUT2D eigenvalue weighted by Gasteiger charge is -2.14. The van der Waals surface area contributed by atoms with E-state index in [2.05, 4.69) is 5.32 Å². The molecule has 1 aliphatic carbocycles. The zero-order valence-corrected chi connectivity index (χ0v) is 13.1. The van der Waals surface area contributed by atoms with Crippen LogP contribution in [0.4, 0.5) is 18.9 Å². The monoisotopic (exact) mass is 340 g/mol. The summed E-state index contributed by atoms with van der Waals surface area (Å²) in [5.41, 5.74) is 1.88. The van der Waals surface area contributed by atoms with E-state index in [-0.39, 0.29) is 12.5 Å². The number of amides is 2. The van der Waals surface area contributed by atoms with E-state index in [1.807, 2.05) is 0 Å². The summed E-state index contributed by atoms with van der Waals surface area (Å²) in [6.07, 6.45) is 1.74. The van der Waals surface area contributed by atoms with Gasteiger partial charge in [0.05, 0.1) is 0 Å². The first-order valence-corrected chi connectivity index (χ1v) is 7.79. The summed E-state index contributed by atoms with van der Waals surface area (Å²) in [7, 11) is 0. The molecular weight excluding hydrogens is 321 g/mol. The number of allylic oxidation sites excluding steroid dienone is 1. The standard InChI is InChI=1S/C17H19F3N2O2/c18-17(19,20)16(24)21-11-13-8-4-5-9-14(13)22-15(23)10-12-6-2-1-3-7-12/h4-5,8-10H,1-3,6-7,11H2,(H,21,24)(H,22,23). The molecule has 0 unspecified atom stereocenters. The van der Waals surface area contributed by atoms with Crippen molar-refractivity contribution < 1.29 is 22.8 Å². The van der Waals surface area contributed by atoms with Gasteiger partial charge in [-0.3, -0.25) is 9.59 Å². The van der Waals surface area contributed by atoms with Crippen LogP contribution in [-0.2, 0) is 16.1 Å². The third-order valence-corrected chi connectivity index (χ3v) is 3.80. The summed E-state index contributed by atoms with van der Waals surface area (Å²) in [5, 5.41) is 4.48. The predicted molar refractivity (Wildman–Crippen MR) is 84.1 cm³/mol. The maximum atomic E-state index is 12.2. The third-order valence-electron chi connectivity index (χ3n) is 3.80. The molecule has 0 aliphatic heterocycles. The van der Waals surface area contributed by atoms with Gasteiger partial charge in [-0.15, -0.1) is 0 Å². The minimum atomic E-state index is -4.93. The molecule has 24 heavy (non-hydrogen) atoms. The van der Waals surface area contributed by atoms with Crippen molar-refractivity contribution in [2.75, 3.05) is 5.32 Å². The highest BCUT2D eigenvalue weighted by molar-refractivity contribution is 6.00. The Kier molecular flexibility index (Phi) is 6.00. The summed E-state index contributed by atoms with van der Waals surface area (Å²) < 4.78 is 36.7. The fourth-order valence-corrected chi connectivity index (χ4v) is 2.58. The van der Waals surface area contributed by atoms with Crippen molar-refractivity contribution in [2.45, 2.75) is 44.8 Å². The summed E-state index contributed by atoms with van der Waals surface area (Å²) in [5.74, 6) is -2.31. The van der Waals surface area contributed by atoms with Crippen LogP contribution in [0.15, 0.2) is 35.9 Å². The molecule has 1 fully saturated rings. The van der Waals surface area contributed by atoms with Gasteiger partial charge in [-0.1, -0.05) is 30.2 Å². The van der Waals surface area contributed by atoms with Crippen LogP contribution in [0.25, 0.3) is 0 Å². The molecule has 7 heteroatoms. The van der Waals surface area contributed by atoms with E-state index in [1.165, 1.54) is 6.42 Å². The lowest BCUT2D eigenvalue weighted by atomic mass is 9.94. The van der Waals surface area contributed by atoms with Crippen molar-refractivity contribution in [3.8, 4) is 0 Å². The lowest BCUT2D eigenvalue weighted by Crippen LogP contribution is -2.36. The molecule has 0 radical (unpaired) electrons. The molecule has 0 aromatic heterocycles. The van der Waals surface area contributed by atoms with E-state index in [4.69, 9.17) is 0 Å². The Balaban J connectivity index is 2.00. The van der Waals surface area contributed by atoms with Crippen molar-refractivity contribution in [3.05, 3.63) is 41.5 Å². The SMILES string of the molecule is O=C(C=C1CCCCC1)Nc1ccccc1CNC(=O)C(F)(F)F. The Morgan fingerprint density at radius 1 is 1.08 bits per heavy atom. The van der Waals surface area contributed by atoms with Crippen molar-refractivity contribution in [2.24, 2.45) is 0 Å². The van der Waals surface area contributed by atoms with Gasteiger partial charge in [-0.2, -0.15) is 13.2 Å². The zero-order chi connectivity index (χ0) is 17.6. The number of para-hydroxylation sites is 1. The molecule has 1 saturated carbocycles. The molecule has 0 bridgehead atoms. The van der Waals surface area contributed by atoms with Crippen LogP contribution >= 0.6 is 0 Å². The molecule has 0 heterocycles. The molecule has 0 saturated heterocycles. The van der Waals surface area contributed by atoms with Crippen molar-refractivity contribution in [1.82, 2.24) is 5.32 Å². The van der Waals surface area contributed by atoms with E-state index >= 15 is 0 Å². The molecule has 130 valence electrons. The van der Waals surface area contributed by atoms with E-state index in [1.54, 1.807) is 35.7 Å². The summed E-state index contributed by atoms with van der Waals surface area (Å²) in [6.45, 7) is -0.314. The van der Waals surface area contributed by atoms with Crippen molar-refractivity contribution in [3.63, 3.8) is 0 Å². The highest BCUT2D eigenvalue weighted by Crippen LogP contribution is 2.23. The lowest BCUT2D eigenvalue weighted by molar-refractivity contribution is -0.173. The largest absolute Gasteiger partial charge is 0.471 e. The molecule has 0 atom stereocenters. The van der Waals surface area contributed by atoms with Crippen LogP contribution in [0, 0.1) is 0 Å². The smallest absolute Gasteiger partial charge is 0.344 e. The molecule has 2 rings (SSSR count). The number of benzene rings is 1. The number of rotatable bonds is 4. The molecule has 0 spiro atoms. The van der Waals surface area contributed by atoms with Gasteiger partial charge in [-0.25, -0.2) is 0 Å². The van der Waals surface area contributed by atoms with E-state index in [0.29, 0.717) is 11.3 Å². The van der Waals surface area contributed by atoms with Crippen LogP contribution < -0.4 is 10.6 Å². The highest BCUT2D eigenvalue weighted by atomic mass is 19.4. The molecule has 1 aromatic rings. The van der Waals surface area contributed by atoms with Gasteiger partial charge in [0.2, 0.25) is 5.91 Å². The number of hydrogen-bond acceptors (Lipinski definition) is 2. The Morgan fingerprint density at radius 2 is 1.75 bits per heavy atom. The van der Waals surface area contributed by atoms with Gasteiger partial charge in [0.15, 0.2) is 0 Å². The number of carbonyl (C=O) groups is 2. The zero-order valence-electron chi connectivity index (χ0n) is 13.1. The number of halogens is 3. The van der Waals surface area contributed by atoms with Gasteiger partial charge in [0, 0.05) is 18.3 Å². The highest BCUT2D eigenvalue weighted by Gasteiger charge is 2.38. The Morgan fingerprint density at radius 3 is 2.42 bits per heavy atom. The van der Waals surface area contributed by atoms with E-state index in [9.17, 15) is 22.8 Å². The summed E-state index contributed by atoms with van der Waals surface area (Å²) >= 11 is 0. The summed E-state index contributed by atoms with van der Waals surface area (Å²) in [4.78, 5) is 23.0. The molecule has 1 aliphatic rings. The first kappa shape index (κ1) is 18.0. The minimum absolute atomic E-state index is 0.304. The second-order valence-electron chi connectivity index (χ2n) is 5.69. The quantitative estimate of drug-likeness (QED) is 0.821. The van der Waals surface area contributed by atoms with Crippen LogP contribution in [0.5, 0.6) is 0 Å². The maximum absolute atomic E-state index is 12.2. The molecule has 2 amide bonds. The van der Waals surface area contributed by atoms with Crippen LogP contribution in [0.1, 0.15) is 37.7 Å². The predicted octanol–water partition coefficient (Wildman–Crippen LogP) is 3.69. The Labute approximate surface area is 138 Å². The second kappa shape index (κ2) is 7.99. The topological polar surface area (TPSA) is 58.2 Å². The average Bonchev–Trinajstić information content (AvgIpc) is 2.53. The average molecular weight is 340 g/mol. The third kappa shape index (κ3) is 5.40. The number of anilines is 1. The van der Waals surface area contributed by atoms with Gasteiger partial charge in [0.25, 0.3) is 0 Å². The van der Waals surface area contributed by atoms with Gasteiger partial charge in [0.1, 0.15) is 0 Å². The van der Waals surface area contributed by atoms with Crippen LogP contribution in [-0.4, -0.2) is 18.0 Å². The van der Waals surface area contributed by atoms with Crippen LogP contribution in [0.3, 0.4) is 0 Å². The second-order valence-corrected chi connectivity index (χ2v) is 5.69. The molecule has 1 aromatic carbocycles. The first-order chi connectivity index (χ1) is 11.4. The first-order valence-electron chi connectivity index (χ1n) is 7.79. The molecular formula is C17H19F3N2O2. The minimum Gasteiger partial charge on any atom is -0.344 e. The van der Waals surface area contributed by atoms with Crippen molar-refractivity contribution in [1.29, 1.82) is 0 Å². The number of nitrogens with one attached hydrogen (secondary N) is 2. The van der Waals surface area contributed by atoms with Gasteiger partial charge in [-0.05, 0) is 37.3 Å². The maximum Gasteiger partial charge on any atom is 0.471 e. The number of alkyl halides is 3. The van der Waals surface area contributed by atoms with Crippen LogP contribution in [0.2, 0.25) is 0 Å². The van der Waals surface area contributed by atoms with Crippen molar-refractivity contribution >= 4 is 17.5 Å². The molecule has 4 nitrogen and oxygen atoms in total. The van der Waals surface area contributed by atoms with E-state index < -0.39 is 12.1 Å². The Hall–Kier alpha value is -2.31. The van der Waals surface area contributed by atoms with Gasteiger partial charge >= 0.3 is 12.1 Å². The van der Waals surface area contributed by atoms with E-state index in [0.717, 1.165) is 31.3 Å². The fraction of sp³-hybridized carbons (Fsp3) is 0.412. The number of carbonyl (C=O) groups excluding carboxylic acids is 2. The molecule has 2 N–H and O–H groups in total. The van der Waals surface area contributed by atoms with Gasteiger partial charge < -0.3 is 10.6 Å². The normalized spacial score (nSPS) is 14.9. The summed E-state index contributed by atoms with van der Waals surface area (Å²) in [6, 6.07) is 6.44. The Bertz CT molecular complexity index is 631.